The Bertz CT molecular complexity index is 601. The lowest BCUT2D eigenvalue weighted by Crippen LogP contribution is -2.03. The van der Waals surface area contributed by atoms with Crippen molar-refractivity contribution in [3.63, 3.8) is 0 Å². The van der Waals surface area contributed by atoms with Gasteiger partial charge in [-0.25, -0.2) is 0 Å². The molecule has 1 aromatic heterocycles. The minimum Gasteiger partial charge on any atom is -0.495 e. The number of carbonyl (C=O) groups excluding carboxylic acids is 1. The molecule has 0 spiro atoms. The number of hydrogen-bond donors (Lipinski definition) is 0. The van der Waals surface area contributed by atoms with Crippen LogP contribution in [0.3, 0.4) is 0 Å². The topological polar surface area (TPSA) is 39.2 Å². The largest absolute Gasteiger partial charge is 0.495 e. The van der Waals surface area contributed by atoms with Gasteiger partial charge >= 0.3 is 0 Å². The van der Waals surface area contributed by atoms with Gasteiger partial charge in [-0.1, -0.05) is 17.7 Å². The second-order valence-electron chi connectivity index (χ2n) is 3.54. The van der Waals surface area contributed by atoms with Crippen molar-refractivity contribution in [2.75, 3.05) is 7.11 Å². The number of methoxy groups -OCH3 is 1. The first-order chi connectivity index (χ1) is 8.63. The first-order valence-corrected chi connectivity index (χ1v) is 6.28. The molecule has 0 atom stereocenters. The lowest BCUT2D eigenvalue weighted by molar-refractivity contribution is 0.103. The number of ether oxygens (including phenoxy) is 1. The third-order valence-corrected chi connectivity index (χ3v) is 3.70. The number of aromatic nitrogens is 1. The smallest absolute Gasteiger partial charge is 0.196 e. The minimum atomic E-state index is -0.187. The predicted octanol–water partition coefficient (Wildman–Crippen LogP) is 3.74. The van der Waals surface area contributed by atoms with Crippen molar-refractivity contribution in [3.8, 4) is 5.75 Å². The summed E-state index contributed by atoms with van der Waals surface area (Å²) in [7, 11) is 1.53. The minimum absolute atomic E-state index is 0.187. The van der Waals surface area contributed by atoms with Crippen molar-refractivity contribution in [2.45, 2.75) is 0 Å². The van der Waals surface area contributed by atoms with Gasteiger partial charge in [0, 0.05) is 21.8 Å². The number of ketones is 1. The molecule has 0 aliphatic rings. The van der Waals surface area contributed by atoms with Crippen molar-refractivity contribution < 1.29 is 9.53 Å². The van der Waals surface area contributed by atoms with Crippen LogP contribution in [0.4, 0.5) is 0 Å². The monoisotopic (exact) mass is 325 g/mol. The first-order valence-electron chi connectivity index (χ1n) is 5.11. The van der Waals surface area contributed by atoms with Gasteiger partial charge in [-0.2, -0.15) is 0 Å². The Balaban J connectivity index is 2.44. The van der Waals surface area contributed by atoms with E-state index in [0.29, 0.717) is 26.4 Å². The Hall–Kier alpha value is -1.39. The molecule has 0 bridgehead atoms. The molecule has 0 fully saturated rings. The molecule has 1 heterocycles. The summed E-state index contributed by atoms with van der Waals surface area (Å²) in [5, 5.41) is 0.394. The fourth-order valence-electron chi connectivity index (χ4n) is 1.49. The number of pyridine rings is 1. The Labute approximate surface area is 118 Å². The van der Waals surface area contributed by atoms with Crippen LogP contribution in [0.15, 0.2) is 41.1 Å². The van der Waals surface area contributed by atoms with Gasteiger partial charge in [0.25, 0.3) is 0 Å². The van der Waals surface area contributed by atoms with Crippen molar-refractivity contribution in [3.05, 3.63) is 57.3 Å². The van der Waals surface area contributed by atoms with Crippen LogP contribution in [0.1, 0.15) is 15.9 Å². The van der Waals surface area contributed by atoms with Crippen LogP contribution in [0.5, 0.6) is 5.75 Å². The second kappa shape index (κ2) is 5.50. The van der Waals surface area contributed by atoms with E-state index in [9.17, 15) is 4.79 Å². The highest BCUT2D eigenvalue weighted by atomic mass is 79.9. The van der Waals surface area contributed by atoms with Gasteiger partial charge in [-0.05, 0) is 34.1 Å². The summed E-state index contributed by atoms with van der Waals surface area (Å²) in [6.45, 7) is 0. The van der Waals surface area contributed by atoms with Gasteiger partial charge in [0.1, 0.15) is 5.75 Å². The average molecular weight is 327 g/mol. The molecule has 0 radical (unpaired) electrons. The third-order valence-electron chi connectivity index (χ3n) is 2.41. The lowest BCUT2D eigenvalue weighted by Gasteiger charge is -2.06. The molecule has 3 nitrogen and oxygen atoms in total. The van der Waals surface area contributed by atoms with Crippen LogP contribution in [-0.2, 0) is 0 Å². The highest BCUT2D eigenvalue weighted by Gasteiger charge is 2.15. The van der Waals surface area contributed by atoms with Crippen LogP contribution in [0.25, 0.3) is 0 Å². The summed E-state index contributed by atoms with van der Waals surface area (Å²) in [6, 6.07) is 6.85. The van der Waals surface area contributed by atoms with Crippen molar-refractivity contribution in [2.24, 2.45) is 0 Å². The predicted molar refractivity (Wildman–Crippen MR) is 73.4 cm³/mol. The highest BCUT2D eigenvalue weighted by Crippen LogP contribution is 2.28. The number of nitrogens with zero attached hydrogens (tertiary/aromatic N) is 1. The summed E-state index contributed by atoms with van der Waals surface area (Å²) in [4.78, 5) is 16.2. The molecule has 0 aliphatic carbocycles. The zero-order valence-corrected chi connectivity index (χ0v) is 11.8. The summed E-state index contributed by atoms with van der Waals surface area (Å²) < 4.78 is 5.72. The molecule has 0 aliphatic heterocycles. The molecule has 18 heavy (non-hydrogen) atoms. The van der Waals surface area contributed by atoms with E-state index in [2.05, 4.69) is 20.9 Å². The lowest BCUT2D eigenvalue weighted by atomic mass is 10.1. The fourth-order valence-corrected chi connectivity index (χ4v) is 2.07. The van der Waals surface area contributed by atoms with E-state index in [1.54, 1.807) is 30.5 Å². The van der Waals surface area contributed by atoms with Gasteiger partial charge in [0.05, 0.1) is 18.3 Å². The van der Waals surface area contributed by atoms with E-state index < -0.39 is 0 Å². The number of benzene rings is 1. The van der Waals surface area contributed by atoms with Gasteiger partial charge in [-0.15, -0.1) is 0 Å². The molecule has 0 saturated carbocycles. The summed E-state index contributed by atoms with van der Waals surface area (Å²) in [5.74, 6) is 0.347. The van der Waals surface area contributed by atoms with E-state index in [-0.39, 0.29) is 5.78 Å². The Morgan fingerprint density at radius 2 is 2.17 bits per heavy atom. The van der Waals surface area contributed by atoms with E-state index in [1.807, 2.05) is 0 Å². The number of rotatable bonds is 3. The summed E-state index contributed by atoms with van der Waals surface area (Å²) in [6.07, 6.45) is 3.03. The Morgan fingerprint density at radius 1 is 1.39 bits per heavy atom. The van der Waals surface area contributed by atoms with Crippen molar-refractivity contribution in [1.29, 1.82) is 0 Å². The summed E-state index contributed by atoms with van der Waals surface area (Å²) in [5.41, 5.74) is 0.871. The molecule has 0 unspecified atom stereocenters. The van der Waals surface area contributed by atoms with Crippen molar-refractivity contribution in [1.82, 2.24) is 4.98 Å². The molecule has 2 aromatic rings. The van der Waals surface area contributed by atoms with Gasteiger partial charge in [0.2, 0.25) is 0 Å². The van der Waals surface area contributed by atoms with Gasteiger partial charge in [-0.3, -0.25) is 9.78 Å². The zero-order valence-electron chi connectivity index (χ0n) is 9.48. The molecular formula is C13H9BrClNO2. The van der Waals surface area contributed by atoms with Crippen LogP contribution < -0.4 is 4.74 Å². The number of hydrogen-bond acceptors (Lipinski definition) is 3. The fraction of sp³-hybridized carbons (Fsp3) is 0.0769. The number of halogens is 2. The zero-order chi connectivity index (χ0) is 13.1. The maximum Gasteiger partial charge on any atom is 0.196 e. The maximum atomic E-state index is 12.3. The van der Waals surface area contributed by atoms with E-state index >= 15 is 0 Å². The first kappa shape index (κ1) is 13.1. The Morgan fingerprint density at radius 3 is 2.89 bits per heavy atom. The van der Waals surface area contributed by atoms with Gasteiger partial charge < -0.3 is 4.74 Å². The second-order valence-corrected chi connectivity index (χ2v) is 4.78. The molecule has 0 saturated heterocycles. The molecule has 92 valence electrons. The number of carbonyl (C=O) groups is 1. The van der Waals surface area contributed by atoms with E-state index in [0.717, 1.165) is 0 Å². The summed E-state index contributed by atoms with van der Waals surface area (Å²) >= 11 is 9.38. The molecule has 1 aromatic carbocycles. The quantitative estimate of drug-likeness (QED) is 0.807. The van der Waals surface area contributed by atoms with Crippen LogP contribution in [0, 0.1) is 0 Å². The SMILES string of the molecule is COc1cncc(C(=O)c2cccc(Br)c2Cl)c1. The highest BCUT2D eigenvalue weighted by molar-refractivity contribution is 9.10. The van der Waals surface area contributed by atoms with Crippen LogP contribution in [-0.4, -0.2) is 17.9 Å². The maximum absolute atomic E-state index is 12.3. The van der Waals surface area contributed by atoms with E-state index in [1.165, 1.54) is 13.3 Å². The Kier molecular flexibility index (Phi) is 3.99. The standard InChI is InChI=1S/C13H9BrClNO2/c1-18-9-5-8(6-16-7-9)13(17)10-3-2-4-11(14)12(10)15/h2-7H,1H3. The molecule has 5 heteroatoms. The normalized spacial score (nSPS) is 10.2. The average Bonchev–Trinajstić information content (AvgIpc) is 2.41. The van der Waals surface area contributed by atoms with Crippen LogP contribution >= 0.6 is 27.5 Å². The molecule has 2 rings (SSSR count). The van der Waals surface area contributed by atoms with E-state index in [4.69, 9.17) is 16.3 Å². The molecular weight excluding hydrogens is 318 g/mol. The molecule has 0 N–H and O–H groups in total. The molecule has 0 amide bonds. The van der Waals surface area contributed by atoms with Crippen molar-refractivity contribution >= 4 is 33.3 Å². The van der Waals surface area contributed by atoms with Gasteiger partial charge in [0.15, 0.2) is 5.78 Å². The third kappa shape index (κ3) is 2.54. The van der Waals surface area contributed by atoms with Crippen LogP contribution in [0.2, 0.25) is 5.02 Å².